The minimum Gasteiger partial charge on any atom is -0.334 e. The smallest absolute Gasteiger partial charge is 0.319 e. The predicted octanol–water partition coefficient (Wildman–Crippen LogP) is 3.07. The van der Waals surface area contributed by atoms with Crippen LogP contribution >= 0.6 is 0 Å². The molecule has 2 amide bonds. The molecule has 2 N–H and O–H groups in total. The fourth-order valence-electron chi connectivity index (χ4n) is 2.23. The molecule has 0 bridgehead atoms. The standard InChI is InChI=1S/C18H15N5O/c19-12-14-3-1-4-15(11-14)13-20-18(24)22-16-5-7-17(8-6-16)23-10-2-9-21-23/h1-11H,13H2,(H2,20,22,24). The van der Waals surface area contributed by atoms with Crippen LogP contribution in [0.2, 0.25) is 0 Å². The Morgan fingerprint density at radius 3 is 2.71 bits per heavy atom. The summed E-state index contributed by atoms with van der Waals surface area (Å²) in [4.78, 5) is 11.9. The summed E-state index contributed by atoms with van der Waals surface area (Å²) < 4.78 is 1.74. The molecule has 0 atom stereocenters. The van der Waals surface area contributed by atoms with Gasteiger partial charge in [0.2, 0.25) is 0 Å². The van der Waals surface area contributed by atoms with E-state index in [0.29, 0.717) is 17.8 Å². The average Bonchev–Trinajstić information content (AvgIpc) is 3.15. The number of carbonyl (C=O) groups excluding carboxylic acids is 1. The van der Waals surface area contributed by atoms with Gasteiger partial charge in [0.1, 0.15) is 0 Å². The van der Waals surface area contributed by atoms with E-state index in [1.807, 2.05) is 42.6 Å². The lowest BCUT2D eigenvalue weighted by Crippen LogP contribution is -2.28. The third-order valence-corrected chi connectivity index (χ3v) is 3.40. The van der Waals surface area contributed by atoms with Crippen LogP contribution in [0.3, 0.4) is 0 Å². The van der Waals surface area contributed by atoms with Crippen molar-refractivity contribution in [3.63, 3.8) is 0 Å². The van der Waals surface area contributed by atoms with Gasteiger partial charge in [-0.15, -0.1) is 0 Å². The van der Waals surface area contributed by atoms with Gasteiger partial charge in [0, 0.05) is 24.6 Å². The lowest BCUT2D eigenvalue weighted by Gasteiger charge is -2.09. The number of nitrogens with zero attached hydrogens (tertiary/aromatic N) is 3. The number of hydrogen-bond donors (Lipinski definition) is 2. The van der Waals surface area contributed by atoms with Crippen LogP contribution in [0, 0.1) is 11.3 Å². The maximum Gasteiger partial charge on any atom is 0.319 e. The van der Waals surface area contributed by atoms with E-state index in [2.05, 4.69) is 21.8 Å². The Bertz CT molecular complexity index is 863. The minimum atomic E-state index is -0.302. The molecule has 0 aliphatic heterocycles. The van der Waals surface area contributed by atoms with Crippen LogP contribution in [0.5, 0.6) is 0 Å². The maximum atomic E-state index is 11.9. The monoisotopic (exact) mass is 317 g/mol. The van der Waals surface area contributed by atoms with Gasteiger partial charge < -0.3 is 10.6 Å². The fourth-order valence-corrected chi connectivity index (χ4v) is 2.23. The third-order valence-electron chi connectivity index (χ3n) is 3.40. The summed E-state index contributed by atoms with van der Waals surface area (Å²) in [7, 11) is 0. The van der Waals surface area contributed by atoms with E-state index in [0.717, 1.165) is 11.3 Å². The molecule has 6 heteroatoms. The van der Waals surface area contributed by atoms with Crippen LogP contribution in [0.4, 0.5) is 10.5 Å². The molecule has 2 aromatic carbocycles. The van der Waals surface area contributed by atoms with Gasteiger partial charge in [-0.1, -0.05) is 12.1 Å². The largest absolute Gasteiger partial charge is 0.334 e. The van der Waals surface area contributed by atoms with Gasteiger partial charge in [0.25, 0.3) is 0 Å². The van der Waals surface area contributed by atoms with Crippen LogP contribution in [-0.4, -0.2) is 15.8 Å². The number of amides is 2. The molecule has 24 heavy (non-hydrogen) atoms. The zero-order chi connectivity index (χ0) is 16.8. The number of aromatic nitrogens is 2. The van der Waals surface area contributed by atoms with Crippen molar-refractivity contribution < 1.29 is 4.79 Å². The summed E-state index contributed by atoms with van der Waals surface area (Å²) in [5.41, 5.74) is 3.05. The predicted molar refractivity (Wildman–Crippen MR) is 90.6 cm³/mol. The summed E-state index contributed by atoms with van der Waals surface area (Å²) in [5, 5.41) is 18.6. The number of nitriles is 1. The number of hydrogen-bond acceptors (Lipinski definition) is 3. The molecular formula is C18H15N5O. The van der Waals surface area contributed by atoms with Crippen molar-refractivity contribution in [1.82, 2.24) is 15.1 Å². The first kappa shape index (κ1) is 15.3. The quantitative estimate of drug-likeness (QED) is 0.776. The molecule has 0 fully saturated rings. The molecule has 1 heterocycles. The van der Waals surface area contributed by atoms with Crippen molar-refractivity contribution in [1.29, 1.82) is 5.26 Å². The molecule has 0 saturated heterocycles. The van der Waals surface area contributed by atoms with E-state index in [4.69, 9.17) is 5.26 Å². The van der Waals surface area contributed by atoms with E-state index < -0.39 is 0 Å². The summed E-state index contributed by atoms with van der Waals surface area (Å²) in [6, 6.07) is 18.1. The number of anilines is 1. The first-order valence-corrected chi connectivity index (χ1v) is 7.38. The van der Waals surface area contributed by atoms with Gasteiger partial charge in [0.05, 0.1) is 17.3 Å². The Labute approximate surface area is 139 Å². The van der Waals surface area contributed by atoms with Gasteiger partial charge >= 0.3 is 6.03 Å². The molecule has 0 spiro atoms. The fraction of sp³-hybridized carbons (Fsp3) is 0.0556. The van der Waals surface area contributed by atoms with Crippen molar-refractivity contribution in [2.75, 3.05) is 5.32 Å². The van der Waals surface area contributed by atoms with Crippen LogP contribution in [0.1, 0.15) is 11.1 Å². The van der Waals surface area contributed by atoms with Gasteiger partial charge in [-0.2, -0.15) is 10.4 Å². The van der Waals surface area contributed by atoms with Crippen molar-refractivity contribution in [2.45, 2.75) is 6.54 Å². The normalized spacial score (nSPS) is 9.96. The van der Waals surface area contributed by atoms with Crippen molar-refractivity contribution in [3.05, 3.63) is 78.1 Å². The highest BCUT2D eigenvalue weighted by Gasteiger charge is 2.03. The highest BCUT2D eigenvalue weighted by Crippen LogP contribution is 2.12. The minimum absolute atomic E-state index is 0.302. The summed E-state index contributed by atoms with van der Waals surface area (Å²) in [6.45, 7) is 0.354. The molecule has 0 aliphatic carbocycles. The zero-order valence-corrected chi connectivity index (χ0v) is 12.8. The molecular weight excluding hydrogens is 302 g/mol. The third kappa shape index (κ3) is 3.78. The number of nitrogens with one attached hydrogen (secondary N) is 2. The lowest BCUT2D eigenvalue weighted by atomic mass is 10.1. The van der Waals surface area contributed by atoms with Crippen molar-refractivity contribution in [2.24, 2.45) is 0 Å². The van der Waals surface area contributed by atoms with E-state index >= 15 is 0 Å². The number of carbonyl (C=O) groups is 1. The SMILES string of the molecule is N#Cc1cccc(CNC(=O)Nc2ccc(-n3cccn3)cc2)c1. The van der Waals surface area contributed by atoms with E-state index in [1.165, 1.54) is 0 Å². The first-order chi connectivity index (χ1) is 11.7. The summed E-state index contributed by atoms with van der Waals surface area (Å²) in [6.07, 6.45) is 3.56. The van der Waals surface area contributed by atoms with Gasteiger partial charge in [-0.25, -0.2) is 9.48 Å². The summed E-state index contributed by atoms with van der Waals surface area (Å²) in [5.74, 6) is 0. The molecule has 1 aromatic heterocycles. The number of benzene rings is 2. The highest BCUT2D eigenvalue weighted by atomic mass is 16.2. The molecule has 0 radical (unpaired) electrons. The van der Waals surface area contributed by atoms with Gasteiger partial charge in [-0.3, -0.25) is 0 Å². The number of rotatable bonds is 4. The Morgan fingerprint density at radius 1 is 1.17 bits per heavy atom. The number of urea groups is 1. The van der Waals surface area contributed by atoms with Crippen molar-refractivity contribution in [3.8, 4) is 11.8 Å². The Balaban J connectivity index is 1.56. The Morgan fingerprint density at radius 2 is 2.00 bits per heavy atom. The molecule has 118 valence electrons. The van der Waals surface area contributed by atoms with E-state index in [1.54, 1.807) is 29.1 Å². The van der Waals surface area contributed by atoms with E-state index in [9.17, 15) is 4.79 Å². The van der Waals surface area contributed by atoms with Crippen LogP contribution in [-0.2, 0) is 6.54 Å². The second-order valence-electron chi connectivity index (χ2n) is 5.12. The highest BCUT2D eigenvalue weighted by molar-refractivity contribution is 5.89. The van der Waals surface area contributed by atoms with Crippen LogP contribution < -0.4 is 10.6 Å². The van der Waals surface area contributed by atoms with Gasteiger partial charge in [0.15, 0.2) is 0 Å². The van der Waals surface area contributed by atoms with E-state index in [-0.39, 0.29) is 6.03 Å². The summed E-state index contributed by atoms with van der Waals surface area (Å²) >= 11 is 0. The topological polar surface area (TPSA) is 82.7 Å². The second kappa shape index (κ2) is 7.11. The second-order valence-corrected chi connectivity index (χ2v) is 5.12. The maximum absolute atomic E-state index is 11.9. The molecule has 3 aromatic rings. The van der Waals surface area contributed by atoms with Crippen LogP contribution in [0.25, 0.3) is 5.69 Å². The lowest BCUT2D eigenvalue weighted by molar-refractivity contribution is 0.251. The molecule has 6 nitrogen and oxygen atoms in total. The van der Waals surface area contributed by atoms with Gasteiger partial charge in [-0.05, 0) is 48.0 Å². The molecule has 3 rings (SSSR count). The zero-order valence-electron chi connectivity index (χ0n) is 12.8. The average molecular weight is 317 g/mol. The van der Waals surface area contributed by atoms with Crippen LogP contribution in [0.15, 0.2) is 67.0 Å². The molecule has 0 aliphatic rings. The molecule has 0 unspecified atom stereocenters. The Hall–Kier alpha value is -3.59. The Kier molecular flexibility index (Phi) is 4.54. The molecule has 0 saturated carbocycles. The first-order valence-electron chi connectivity index (χ1n) is 7.38. The van der Waals surface area contributed by atoms with Crippen molar-refractivity contribution >= 4 is 11.7 Å².